The monoisotopic (exact) mass is 319 g/mol. The van der Waals surface area contributed by atoms with E-state index in [1.54, 1.807) is 30.0 Å². The molecule has 1 aliphatic rings. The summed E-state index contributed by atoms with van der Waals surface area (Å²) >= 11 is 1.31. The Balaban J connectivity index is 1.70. The number of nitrogens with zero attached hydrogens (tertiary/aromatic N) is 2. The number of aromatic nitrogens is 1. The Hall–Kier alpha value is -2.15. The Morgan fingerprint density at radius 3 is 2.82 bits per heavy atom. The third kappa shape index (κ3) is 2.89. The van der Waals surface area contributed by atoms with E-state index in [2.05, 4.69) is 4.98 Å². The maximum Gasteiger partial charge on any atom is 0.338 e. The number of ether oxygens (including phenoxy) is 1. The van der Waals surface area contributed by atoms with Crippen molar-refractivity contribution in [2.24, 2.45) is 0 Å². The Morgan fingerprint density at radius 2 is 2.09 bits per heavy atom. The van der Waals surface area contributed by atoms with Gasteiger partial charge in [0.25, 0.3) is 5.91 Å². The molecule has 1 aliphatic heterocycles. The second-order valence-electron chi connectivity index (χ2n) is 5.31. The molecule has 2 N–H and O–H groups in total. The molecule has 0 radical (unpaired) electrons. The highest BCUT2D eigenvalue weighted by atomic mass is 32.1. The van der Waals surface area contributed by atoms with Crippen LogP contribution in [0, 0.1) is 0 Å². The Kier molecular flexibility index (Phi) is 3.98. The summed E-state index contributed by atoms with van der Waals surface area (Å²) in [7, 11) is 0. The second kappa shape index (κ2) is 5.92. The molecule has 1 saturated heterocycles. The van der Waals surface area contributed by atoms with E-state index in [0.29, 0.717) is 10.7 Å². The minimum Gasteiger partial charge on any atom is -0.449 e. The highest BCUT2D eigenvalue weighted by molar-refractivity contribution is 7.22. The molecule has 22 heavy (non-hydrogen) atoms. The molecule has 7 heteroatoms. The Bertz CT molecular complexity index is 722. The van der Waals surface area contributed by atoms with Crippen LogP contribution in [0.4, 0.5) is 5.13 Å². The normalized spacial score (nSPS) is 16.0. The summed E-state index contributed by atoms with van der Waals surface area (Å²) in [5.41, 5.74) is 6.80. The van der Waals surface area contributed by atoms with Crippen LogP contribution in [-0.4, -0.2) is 41.0 Å². The predicted octanol–water partition coefficient (Wildman–Crippen LogP) is 2.05. The maximum absolute atomic E-state index is 12.2. The van der Waals surface area contributed by atoms with Gasteiger partial charge in [0.15, 0.2) is 11.2 Å². The predicted molar refractivity (Wildman–Crippen MR) is 84.7 cm³/mol. The van der Waals surface area contributed by atoms with Gasteiger partial charge in [-0.3, -0.25) is 4.79 Å². The third-order valence-electron chi connectivity index (χ3n) is 3.69. The number of carbonyl (C=O) groups excluding carboxylic acids is 2. The molecule has 0 spiro atoms. The molecular weight excluding hydrogens is 302 g/mol. The molecule has 0 aliphatic carbocycles. The standard InChI is InChI=1S/C15H17N3O3S/c1-9(13(19)18-6-2-3-7-18)21-14(20)10-4-5-11-12(8-10)22-15(16)17-11/h4-5,8-9H,2-3,6-7H2,1H3,(H2,16,17). The van der Waals surface area contributed by atoms with Crippen molar-refractivity contribution >= 4 is 38.6 Å². The van der Waals surface area contributed by atoms with Crippen molar-refractivity contribution < 1.29 is 14.3 Å². The van der Waals surface area contributed by atoms with Crippen molar-refractivity contribution in [1.82, 2.24) is 9.88 Å². The van der Waals surface area contributed by atoms with Gasteiger partial charge in [-0.2, -0.15) is 0 Å². The fourth-order valence-electron chi connectivity index (χ4n) is 2.54. The number of rotatable bonds is 3. The van der Waals surface area contributed by atoms with Gasteiger partial charge in [0, 0.05) is 13.1 Å². The van der Waals surface area contributed by atoms with Crippen molar-refractivity contribution in [3.63, 3.8) is 0 Å². The van der Waals surface area contributed by atoms with Crippen LogP contribution in [0.15, 0.2) is 18.2 Å². The van der Waals surface area contributed by atoms with E-state index in [4.69, 9.17) is 10.5 Å². The molecule has 1 aromatic heterocycles. The first-order valence-electron chi connectivity index (χ1n) is 7.20. The lowest BCUT2D eigenvalue weighted by molar-refractivity contribution is -0.138. The minimum atomic E-state index is -0.771. The molecule has 116 valence electrons. The van der Waals surface area contributed by atoms with E-state index >= 15 is 0 Å². The van der Waals surface area contributed by atoms with Crippen LogP contribution in [0.5, 0.6) is 0 Å². The number of anilines is 1. The average molecular weight is 319 g/mol. The summed E-state index contributed by atoms with van der Waals surface area (Å²) in [4.78, 5) is 30.2. The van der Waals surface area contributed by atoms with E-state index in [-0.39, 0.29) is 5.91 Å². The summed E-state index contributed by atoms with van der Waals surface area (Å²) in [5.74, 6) is -0.636. The summed E-state index contributed by atoms with van der Waals surface area (Å²) < 4.78 is 6.11. The summed E-state index contributed by atoms with van der Waals surface area (Å²) in [6.07, 6.45) is 1.25. The molecule has 2 aromatic rings. The molecule has 0 saturated carbocycles. The van der Waals surface area contributed by atoms with Gasteiger partial charge in [-0.05, 0) is 38.0 Å². The largest absolute Gasteiger partial charge is 0.449 e. The summed E-state index contributed by atoms with van der Waals surface area (Å²) in [6.45, 7) is 3.10. The van der Waals surface area contributed by atoms with Crippen molar-refractivity contribution in [1.29, 1.82) is 0 Å². The quantitative estimate of drug-likeness (QED) is 0.875. The number of likely N-dealkylation sites (tertiary alicyclic amines) is 1. The zero-order valence-corrected chi connectivity index (χ0v) is 13.1. The number of hydrogen-bond donors (Lipinski definition) is 1. The number of nitrogens with two attached hydrogens (primary N) is 1. The van der Waals surface area contributed by atoms with Crippen LogP contribution in [-0.2, 0) is 9.53 Å². The first-order valence-corrected chi connectivity index (χ1v) is 8.02. The molecule has 2 heterocycles. The fraction of sp³-hybridized carbons (Fsp3) is 0.400. The number of thiazole rings is 1. The van der Waals surface area contributed by atoms with Gasteiger partial charge < -0.3 is 15.4 Å². The number of carbonyl (C=O) groups is 2. The van der Waals surface area contributed by atoms with Gasteiger partial charge in [0.05, 0.1) is 15.8 Å². The highest BCUT2D eigenvalue weighted by Crippen LogP contribution is 2.25. The highest BCUT2D eigenvalue weighted by Gasteiger charge is 2.26. The zero-order valence-electron chi connectivity index (χ0n) is 12.2. The van der Waals surface area contributed by atoms with E-state index in [0.717, 1.165) is 36.1 Å². The molecule has 6 nitrogen and oxygen atoms in total. The lowest BCUT2D eigenvalue weighted by Gasteiger charge is -2.20. The molecule has 1 aromatic carbocycles. The smallest absolute Gasteiger partial charge is 0.338 e. The number of nitrogen functional groups attached to an aromatic ring is 1. The van der Waals surface area contributed by atoms with Crippen LogP contribution in [0.25, 0.3) is 10.2 Å². The third-order valence-corrected chi connectivity index (χ3v) is 4.54. The number of amides is 1. The second-order valence-corrected chi connectivity index (χ2v) is 6.38. The van der Waals surface area contributed by atoms with Gasteiger partial charge in [-0.15, -0.1) is 0 Å². The minimum absolute atomic E-state index is 0.131. The molecule has 0 bridgehead atoms. The first-order chi connectivity index (χ1) is 10.5. The lowest BCUT2D eigenvalue weighted by atomic mass is 10.2. The maximum atomic E-state index is 12.2. The van der Waals surface area contributed by atoms with Crippen molar-refractivity contribution in [3.8, 4) is 0 Å². The summed E-state index contributed by atoms with van der Waals surface area (Å²) in [6, 6.07) is 5.06. The van der Waals surface area contributed by atoms with Crippen LogP contribution in [0.3, 0.4) is 0 Å². The molecule has 1 atom stereocenters. The SMILES string of the molecule is CC(OC(=O)c1ccc2nc(N)sc2c1)C(=O)N1CCCC1. The van der Waals surface area contributed by atoms with Gasteiger partial charge in [0.2, 0.25) is 0 Å². The Labute approximate surface area is 131 Å². The fourth-order valence-corrected chi connectivity index (χ4v) is 3.32. The van der Waals surface area contributed by atoms with Crippen LogP contribution in [0.2, 0.25) is 0 Å². The molecule has 1 fully saturated rings. The average Bonchev–Trinajstić information content (AvgIpc) is 3.13. The number of hydrogen-bond acceptors (Lipinski definition) is 6. The Morgan fingerprint density at radius 1 is 1.36 bits per heavy atom. The van der Waals surface area contributed by atoms with E-state index in [9.17, 15) is 9.59 Å². The van der Waals surface area contributed by atoms with Crippen LogP contribution < -0.4 is 5.73 Å². The molecular formula is C15H17N3O3S. The molecule has 1 unspecified atom stereocenters. The zero-order chi connectivity index (χ0) is 15.7. The molecule has 3 rings (SSSR count). The van der Waals surface area contributed by atoms with Gasteiger partial charge in [-0.25, -0.2) is 9.78 Å². The van der Waals surface area contributed by atoms with Crippen molar-refractivity contribution in [2.75, 3.05) is 18.8 Å². The topological polar surface area (TPSA) is 85.5 Å². The lowest BCUT2D eigenvalue weighted by Crippen LogP contribution is -2.38. The number of benzene rings is 1. The van der Waals surface area contributed by atoms with Gasteiger partial charge in [0.1, 0.15) is 0 Å². The summed E-state index contributed by atoms with van der Waals surface area (Å²) in [5, 5.41) is 0.457. The van der Waals surface area contributed by atoms with Gasteiger partial charge in [-0.1, -0.05) is 11.3 Å². The van der Waals surface area contributed by atoms with Crippen LogP contribution >= 0.6 is 11.3 Å². The van der Waals surface area contributed by atoms with Crippen LogP contribution in [0.1, 0.15) is 30.1 Å². The van der Waals surface area contributed by atoms with E-state index in [1.807, 2.05) is 0 Å². The first kappa shape index (κ1) is 14.8. The number of fused-ring (bicyclic) bond motifs is 1. The van der Waals surface area contributed by atoms with Gasteiger partial charge >= 0.3 is 5.97 Å². The molecule has 1 amide bonds. The number of esters is 1. The van der Waals surface area contributed by atoms with Crippen molar-refractivity contribution in [3.05, 3.63) is 23.8 Å². The van der Waals surface area contributed by atoms with Crippen molar-refractivity contribution in [2.45, 2.75) is 25.9 Å². The van der Waals surface area contributed by atoms with E-state index < -0.39 is 12.1 Å². The van der Waals surface area contributed by atoms with E-state index in [1.165, 1.54) is 11.3 Å².